The number of halogens is 1. The number of aromatic nitrogens is 2. The third kappa shape index (κ3) is 3.26. The van der Waals surface area contributed by atoms with Gasteiger partial charge < -0.3 is 9.84 Å². The first-order chi connectivity index (χ1) is 9.10. The number of rotatable bonds is 4. The van der Waals surface area contributed by atoms with Gasteiger partial charge in [0.05, 0.1) is 12.8 Å². The number of ether oxygens (including phenoxy) is 1. The molecule has 2 rings (SSSR count). The summed E-state index contributed by atoms with van der Waals surface area (Å²) < 4.78 is 18.0. The highest BCUT2D eigenvalue weighted by Gasteiger charge is 2.13. The van der Waals surface area contributed by atoms with Crippen molar-refractivity contribution in [3.8, 4) is 5.88 Å². The van der Waals surface area contributed by atoms with Gasteiger partial charge in [-0.3, -0.25) is 0 Å². The lowest BCUT2D eigenvalue weighted by Gasteiger charge is -2.12. The van der Waals surface area contributed by atoms with E-state index in [1.807, 2.05) is 6.92 Å². The molecule has 2 aromatic rings. The molecule has 0 spiro atoms. The minimum atomic E-state index is -0.777. The van der Waals surface area contributed by atoms with E-state index >= 15 is 0 Å². The summed E-state index contributed by atoms with van der Waals surface area (Å²) in [5.41, 5.74) is 2.17. The average molecular weight is 262 g/mol. The molecule has 1 heterocycles. The Labute approximate surface area is 110 Å². The first kappa shape index (κ1) is 13.4. The van der Waals surface area contributed by atoms with Gasteiger partial charge in [-0.05, 0) is 30.2 Å². The second-order valence-corrected chi connectivity index (χ2v) is 4.28. The van der Waals surface area contributed by atoms with Crippen molar-refractivity contribution in [3.05, 3.63) is 53.2 Å². The quantitative estimate of drug-likeness (QED) is 0.917. The van der Waals surface area contributed by atoms with Crippen LogP contribution in [0.15, 0.2) is 30.6 Å². The van der Waals surface area contributed by atoms with Crippen LogP contribution in [-0.4, -0.2) is 22.2 Å². The van der Waals surface area contributed by atoms with E-state index in [-0.39, 0.29) is 5.82 Å². The first-order valence-electron chi connectivity index (χ1n) is 5.89. The number of benzene rings is 1. The molecule has 19 heavy (non-hydrogen) atoms. The third-order valence-electron chi connectivity index (χ3n) is 2.93. The van der Waals surface area contributed by atoms with E-state index < -0.39 is 6.10 Å². The molecule has 1 unspecified atom stereocenters. The van der Waals surface area contributed by atoms with Crippen molar-refractivity contribution in [1.82, 2.24) is 9.97 Å². The number of aliphatic hydroxyl groups excluding tert-OH is 1. The summed E-state index contributed by atoms with van der Waals surface area (Å²) >= 11 is 0. The predicted octanol–water partition coefficient (Wildman–Crippen LogP) is 2.21. The van der Waals surface area contributed by atoms with Gasteiger partial charge in [-0.15, -0.1) is 0 Å². The number of nitrogens with zero attached hydrogens (tertiary/aromatic N) is 2. The van der Waals surface area contributed by atoms with Crippen molar-refractivity contribution in [2.24, 2.45) is 0 Å². The maximum atomic E-state index is 13.0. The van der Waals surface area contributed by atoms with E-state index in [1.54, 1.807) is 12.1 Å². The number of hydrogen-bond acceptors (Lipinski definition) is 4. The molecule has 4 nitrogen and oxygen atoms in total. The van der Waals surface area contributed by atoms with E-state index in [1.165, 1.54) is 25.6 Å². The summed E-state index contributed by atoms with van der Waals surface area (Å²) in [5.74, 6) is 0.124. The molecule has 0 radical (unpaired) electrons. The van der Waals surface area contributed by atoms with Gasteiger partial charge in [0.2, 0.25) is 5.88 Å². The van der Waals surface area contributed by atoms with Crippen LogP contribution in [-0.2, 0) is 6.42 Å². The van der Waals surface area contributed by atoms with Gasteiger partial charge in [-0.25, -0.2) is 14.4 Å². The van der Waals surface area contributed by atoms with Crippen molar-refractivity contribution in [2.45, 2.75) is 19.4 Å². The van der Waals surface area contributed by atoms with Gasteiger partial charge in [0, 0.05) is 12.5 Å². The molecule has 0 fully saturated rings. The standard InChI is InChI=1S/C14H15FN2O2/c1-9-5-11(15)4-3-10(9)6-13(18)12-7-14(19-2)17-8-16-12/h3-5,7-8,13,18H,6H2,1-2H3. The van der Waals surface area contributed by atoms with Gasteiger partial charge in [0.1, 0.15) is 18.2 Å². The van der Waals surface area contributed by atoms with Crippen LogP contribution in [0.4, 0.5) is 4.39 Å². The summed E-state index contributed by atoms with van der Waals surface area (Å²) in [7, 11) is 1.50. The van der Waals surface area contributed by atoms with Gasteiger partial charge in [0.15, 0.2) is 0 Å². The van der Waals surface area contributed by atoms with Crippen LogP contribution < -0.4 is 4.74 Å². The SMILES string of the molecule is COc1cc(C(O)Cc2ccc(F)cc2C)ncn1. The van der Waals surface area contributed by atoms with Crippen LogP contribution in [0.1, 0.15) is 22.9 Å². The Kier molecular flexibility index (Phi) is 4.06. The summed E-state index contributed by atoms with van der Waals surface area (Å²) in [6.45, 7) is 1.81. The molecule has 5 heteroatoms. The topological polar surface area (TPSA) is 55.2 Å². The van der Waals surface area contributed by atoms with E-state index in [0.29, 0.717) is 18.0 Å². The average Bonchev–Trinajstić information content (AvgIpc) is 2.42. The zero-order valence-electron chi connectivity index (χ0n) is 10.8. The van der Waals surface area contributed by atoms with Crippen molar-refractivity contribution >= 4 is 0 Å². The van der Waals surface area contributed by atoms with Crippen LogP contribution in [0.2, 0.25) is 0 Å². The Morgan fingerprint density at radius 3 is 2.79 bits per heavy atom. The lowest BCUT2D eigenvalue weighted by molar-refractivity contribution is 0.172. The van der Waals surface area contributed by atoms with Crippen molar-refractivity contribution in [1.29, 1.82) is 0 Å². The highest BCUT2D eigenvalue weighted by molar-refractivity contribution is 5.28. The Bertz CT molecular complexity index is 575. The normalized spacial score (nSPS) is 12.2. The maximum absolute atomic E-state index is 13.0. The summed E-state index contributed by atoms with van der Waals surface area (Å²) in [6, 6.07) is 6.09. The van der Waals surface area contributed by atoms with E-state index in [0.717, 1.165) is 11.1 Å². The third-order valence-corrected chi connectivity index (χ3v) is 2.93. The molecular weight excluding hydrogens is 247 g/mol. The monoisotopic (exact) mass is 262 g/mol. The Morgan fingerprint density at radius 2 is 2.11 bits per heavy atom. The molecule has 0 saturated heterocycles. The molecule has 1 atom stereocenters. The largest absolute Gasteiger partial charge is 0.481 e. The Hall–Kier alpha value is -2.01. The molecule has 0 bridgehead atoms. The molecule has 1 aromatic heterocycles. The van der Waals surface area contributed by atoms with E-state index in [2.05, 4.69) is 9.97 Å². The zero-order chi connectivity index (χ0) is 13.8. The highest BCUT2D eigenvalue weighted by Crippen LogP contribution is 2.21. The number of aryl methyl sites for hydroxylation is 1. The van der Waals surface area contributed by atoms with Crippen molar-refractivity contribution in [3.63, 3.8) is 0 Å². The van der Waals surface area contributed by atoms with Crippen LogP contribution in [0.25, 0.3) is 0 Å². The van der Waals surface area contributed by atoms with Crippen LogP contribution >= 0.6 is 0 Å². The molecule has 0 aliphatic rings. The predicted molar refractivity (Wildman–Crippen MR) is 68.4 cm³/mol. The Morgan fingerprint density at radius 1 is 1.32 bits per heavy atom. The summed E-state index contributed by atoms with van der Waals surface area (Å²) in [4.78, 5) is 7.90. The number of aliphatic hydroxyl groups is 1. The van der Waals surface area contributed by atoms with Gasteiger partial charge in [-0.1, -0.05) is 6.07 Å². The first-order valence-corrected chi connectivity index (χ1v) is 5.89. The minimum Gasteiger partial charge on any atom is -0.481 e. The molecule has 1 aromatic carbocycles. The molecule has 1 N–H and O–H groups in total. The Balaban J connectivity index is 2.17. The lowest BCUT2D eigenvalue weighted by atomic mass is 10.0. The fourth-order valence-corrected chi connectivity index (χ4v) is 1.85. The lowest BCUT2D eigenvalue weighted by Crippen LogP contribution is -2.06. The van der Waals surface area contributed by atoms with Gasteiger partial charge >= 0.3 is 0 Å². The zero-order valence-corrected chi connectivity index (χ0v) is 10.8. The smallest absolute Gasteiger partial charge is 0.216 e. The van der Waals surface area contributed by atoms with E-state index in [9.17, 15) is 9.50 Å². The summed E-state index contributed by atoms with van der Waals surface area (Å²) in [5, 5.41) is 10.1. The second kappa shape index (κ2) is 5.75. The maximum Gasteiger partial charge on any atom is 0.216 e. The molecule has 100 valence electrons. The molecule has 0 aliphatic carbocycles. The number of methoxy groups -OCH3 is 1. The highest BCUT2D eigenvalue weighted by atomic mass is 19.1. The van der Waals surface area contributed by atoms with Crippen molar-refractivity contribution in [2.75, 3.05) is 7.11 Å². The minimum absolute atomic E-state index is 0.278. The van der Waals surface area contributed by atoms with Crippen LogP contribution in [0.5, 0.6) is 5.88 Å². The van der Waals surface area contributed by atoms with Crippen LogP contribution in [0.3, 0.4) is 0 Å². The molecular formula is C14H15FN2O2. The fraction of sp³-hybridized carbons (Fsp3) is 0.286. The van der Waals surface area contributed by atoms with Gasteiger partial charge in [-0.2, -0.15) is 0 Å². The van der Waals surface area contributed by atoms with Gasteiger partial charge in [0.25, 0.3) is 0 Å². The van der Waals surface area contributed by atoms with Crippen molar-refractivity contribution < 1.29 is 14.2 Å². The number of hydrogen-bond donors (Lipinski definition) is 1. The molecule has 0 aliphatic heterocycles. The van der Waals surface area contributed by atoms with Crippen LogP contribution in [0, 0.1) is 12.7 Å². The molecule has 0 amide bonds. The second-order valence-electron chi connectivity index (χ2n) is 4.28. The summed E-state index contributed by atoms with van der Waals surface area (Å²) in [6.07, 6.45) is 0.933. The molecule has 0 saturated carbocycles. The van der Waals surface area contributed by atoms with E-state index in [4.69, 9.17) is 4.74 Å². The fourth-order valence-electron chi connectivity index (χ4n) is 1.85.